The molecule has 1 aliphatic carbocycles. The molecule has 2 rings (SSSR count). The summed E-state index contributed by atoms with van der Waals surface area (Å²) < 4.78 is 26.2. The Morgan fingerprint density at radius 1 is 1.44 bits per heavy atom. The van der Waals surface area contributed by atoms with Gasteiger partial charge < -0.3 is 5.11 Å². The number of nitrogens with zero attached hydrogens (tertiary/aromatic N) is 1. The van der Waals surface area contributed by atoms with Gasteiger partial charge in [0.15, 0.2) is 0 Å². The molecule has 5 nitrogen and oxygen atoms in total. The molecule has 0 aliphatic heterocycles. The second-order valence-electron chi connectivity index (χ2n) is 4.73. The summed E-state index contributed by atoms with van der Waals surface area (Å²) in [4.78, 5) is 3.83. The Morgan fingerprint density at radius 3 is 2.67 bits per heavy atom. The maximum Gasteiger partial charge on any atom is 0.215 e. The molecule has 1 aromatic heterocycles. The average molecular weight is 291 g/mol. The highest BCUT2D eigenvalue weighted by atomic mass is 35.5. The van der Waals surface area contributed by atoms with Crippen LogP contribution in [0.1, 0.15) is 18.4 Å². The molecule has 0 radical (unpaired) electrons. The van der Waals surface area contributed by atoms with Crippen LogP contribution in [0.2, 0.25) is 5.15 Å². The number of nitrogens with one attached hydrogen (secondary N) is 1. The zero-order valence-electron chi connectivity index (χ0n) is 9.76. The Labute approximate surface area is 111 Å². The third-order valence-corrected chi connectivity index (χ3v) is 4.63. The van der Waals surface area contributed by atoms with Crippen LogP contribution in [-0.4, -0.2) is 31.7 Å². The van der Waals surface area contributed by atoms with Crippen molar-refractivity contribution in [3.63, 3.8) is 0 Å². The maximum atomic E-state index is 11.8. The smallest absolute Gasteiger partial charge is 0.215 e. The van der Waals surface area contributed by atoms with Gasteiger partial charge in [0.25, 0.3) is 0 Å². The van der Waals surface area contributed by atoms with E-state index in [2.05, 4.69) is 9.71 Å². The maximum absolute atomic E-state index is 11.8. The molecule has 0 unspecified atom stereocenters. The highest BCUT2D eigenvalue weighted by Crippen LogP contribution is 2.44. The van der Waals surface area contributed by atoms with Gasteiger partial charge in [0.2, 0.25) is 10.0 Å². The van der Waals surface area contributed by atoms with E-state index < -0.39 is 10.0 Å². The van der Waals surface area contributed by atoms with E-state index in [1.54, 1.807) is 12.1 Å². The molecule has 1 saturated carbocycles. The van der Waals surface area contributed by atoms with Crippen LogP contribution in [0.25, 0.3) is 0 Å². The molecular formula is C11H15ClN2O3S. The van der Waals surface area contributed by atoms with Crippen molar-refractivity contribution in [2.75, 3.05) is 13.2 Å². The second-order valence-corrected chi connectivity index (χ2v) is 6.92. The Balaban J connectivity index is 1.93. The van der Waals surface area contributed by atoms with Gasteiger partial charge in [-0.1, -0.05) is 17.7 Å². The Hall–Kier alpha value is -0.690. The monoisotopic (exact) mass is 290 g/mol. The van der Waals surface area contributed by atoms with Gasteiger partial charge in [-0.2, -0.15) is 0 Å². The van der Waals surface area contributed by atoms with Crippen LogP contribution in [0.3, 0.4) is 0 Å². The number of aliphatic hydroxyl groups excluding tert-OH is 1. The predicted octanol–water partition coefficient (Wildman–Crippen LogP) is 0.927. The zero-order valence-corrected chi connectivity index (χ0v) is 11.3. The normalized spacial score (nSPS) is 17.7. The molecule has 100 valence electrons. The largest absolute Gasteiger partial charge is 0.396 e. The summed E-state index contributed by atoms with van der Waals surface area (Å²) in [6.45, 7) is 0.324. The van der Waals surface area contributed by atoms with Crippen molar-refractivity contribution in [2.45, 2.75) is 18.6 Å². The molecule has 1 aliphatic rings. The minimum atomic E-state index is -3.39. The SMILES string of the molecule is O=S(=O)(Cc1ccc(Cl)nc1)NCC1(CO)CC1. The first-order chi connectivity index (χ1) is 8.45. The van der Waals surface area contributed by atoms with Gasteiger partial charge in [0.1, 0.15) is 5.15 Å². The number of hydrogen-bond acceptors (Lipinski definition) is 4. The molecule has 0 amide bonds. The van der Waals surface area contributed by atoms with Gasteiger partial charge in [-0.25, -0.2) is 18.1 Å². The van der Waals surface area contributed by atoms with Gasteiger partial charge in [0.05, 0.1) is 5.75 Å². The van der Waals surface area contributed by atoms with Crippen molar-refractivity contribution in [1.29, 1.82) is 0 Å². The topological polar surface area (TPSA) is 79.3 Å². The summed E-state index contributed by atoms with van der Waals surface area (Å²) in [6, 6.07) is 3.19. The third kappa shape index (κ3) is 3.65. The van der Waals surface area contributed by atoms with Crippen molar-refractivity contribution in [3.8, 4) is 0 Å². The summed E-state index contributed by atoms with van der Waals surface area (Å²) >= 11 is 5.63. The lowest BCUT2D eigenvalue weighted by Gasteiger charge is -2.13. The van der Waals surface area contributed by atoms with Crippen LogP contribution in [0, 0.1) is 5.41 Å². The lowest BCUT2D eigenvalue weighted by molar-refractivity contribution is 0.213. The summed E-state index contributed by atoms with van der Waals surface area (Å²) in [5.41, 5.74) is 0.353. The second kappa shape index (κ2) is 5.13. The van der Waals surface area contributed by atoms with Gasteiger partial charge in [-0.3, -0.25) is 0 Å². The number of rotatable bonds is 6. The van der Waals surface area contributed by atoms with Crippen LogP contribution in [0.4, 0.5) is 0 Å². The number of aromatic nitrogens is 1. The van der Waals surface area contributed by atoms with E-state index in [1.807, 2.05) is 0 Å². The van der Waals surface area contributed by atoms with E-state index in [4.69, 9.17) is 16.7 Å². The first-order valence-corrected chi connectivity index (χ1v) is 7.66. The van der Waals surface area contributed by atoms with Crippen LogP contribution < -0.4 is 4.72 Å². The Morgan fingerprint density at radius 2 is 2.17 bits per heavy atom. The van der Waals surface area contributed by atoms with Gasteiger partial charge in [-0.15, -0.1) is 0 Å². The van der Waals surface area contributed by atoms with Crippen LogP contribution in [0.5, 0.6) is 0 Å². The first-order valence-electron chi connectivity index (χ1n) is 5.63. The summed E-state index contributed by atoms with van der Waals surface area (Å²) in [7, 11) is -3.39. The molecule has 1 fully saturated rings. The fourth-order valence-corrected chi connectivity index (χ4v) is 2.94. The molecule has 2 N–H and O–H groups in total. The summed E-state index contributed by atoms with van der Waals surface area (Å²) in [6.07, 6.45) is 3.18. The highest BCUT2D eigenvalue weighted by Gasteiger charge is 2.42. The van der Waals surface area contributed by atoms with Crippen molar-refractivity contribution in [2.24, 2.45) is 5.41 Å². The first kappa shape index (κ1) is 13.7. The van der Waals surface area contributed by atoms with E-state index in [-0.39, 0.29) is 17.8 Å². The molecule has 0 aromatic carbocycles. The van der Waals surface area contributed by atoms with Gasteiger partial charge >= 0.3 is 0 Å². The standard InChI is InChI=1S/C11H15ClN2O3S/c12-10-2-1-9(5-13-10)6-18(16,17)14-7-11(8-15)3-4-11/h1-2,5,14-15H,3-4,6-8H2. The molecule has 0 saturated heterocycles. The quantitative estimate of drug-likeness (QED) is 0.764. The Kier molecular flexibility index (Phi) is 3.91. The number of pyridine rings is 1. The third-order valence-electron chi connectivity index (χ3n) is 3.10. The molecule has 0 atom stereocenters. The minimum absolute atomic E-state index is 0.0258. The minimum Gasteiger partial charge on any atom is -0.396 e. The lowest BCUT2D eigenvalue weighted by Crippen LogP contribution is -2.32. The van der Waals surface area contributed by atoms with Crippen molar-refractivity contribution in [3.05, 3.63) is 29.0 Å². The molecule has 0 spiro atoms. The van der Waals surface area contributed by atoms with E-state index in [0.717, 1.165) is 12.8 Å². The fourth-order valence-electron chi connectivity index (χ4n) is 1.59. The lowest BCUT2D eigenvalue weighted by atomic mass is 10.1. The molecular weight excluding hydrogens is 276 g/mol. The van der Waals surface area contributed by atoms with Crippen LogP contribution in [0.15, 0.2) is 18.3 Å². The Bertz CT molecular complexity index is 512. The molecule has 1 heterocycles. The van der Waals surface area contributed by atoms with E-state index >= 15 is 0 Å². The number of aliphatic hydroxyl groups is 1. The van der Waals surface area contributed by atoms with E-state index in [0.29, 0.717) is 17.3 Å². The van der Waals surface area contributed by atoms with E-state index in [9.17, 15) is 8.42 Å². The molecule has 0 bridgehead atoms. The van der Waals surface area contributed by atoms with Crippen LogP contribution >= 0.6 is 11.6 Å². The summed E-state index contributed by atoms with van der Waals surface area (Å²) in [5, 5.41) is 9.45. The molecule has 1 aromatic rings. The number of sulfonamides is 1. The predicted molar refractivity (Wildman–Crippen MR) is 68.6 cm³/mol. The summed E-state index contributed by atoms with van der Waals surface area (Å²) in [5.74, 6) is -0.126. The van der Waals surface area contributed by atoms with Crippen molar-refractivity contribution in [1.82, 2.24) is 9.71 Å². The highest BCUT2D eigenvalue weighted by molar-refractivity contribution is 7.88. The fraction of sp³-hybridized carbons (Fsp3) is 0.545. The van der Waals surface area contributed by atoms with Gasteiger partial charge in [0, 0.05) is 24.8 Å². The molecule has 18 heavy (non-hydrogen) atoms. The van der Waals surface area contributed by atoms with Crippen LogP contribution in [-0.2, 0) is 15.8 Å². The average Bonchev–Trinajstić information content (AvgIpc) is 3.10. The molecule has 7 heteroatoms. The number of halogens is 1. The van der Waals surface area contributed by atoms with E-state index in [1.165, 1.54) is 6.20 Å². The van der Waals surface area contributed by atoms with Gasteiger partial charge in [-0.05, 0) is 24.5 Å². The van der Waals surface area contributed by atoms with Crippen molar-refractivity contribution < 1.29 is 13.5 Å². The number of hydrogen-bond donors (Lipinski definition) is 2. The zero-order chi connectivity index (χ0) is 13.2. The van der Waals surface area contributed by atoms with Crippen molar-refractivity contribution >= 4 is 21.6 Å².